The van der Waals surface area contributed by atoms with Crippen LogP contribution < -0.4 is 5.32 Å². The minimum absolute atomic E-state index is 0.151. The molecule has 5 atom stereocenters. The fourth-order valence-corrected chi connectivity index (χ4v) is 6.46. The number of aryl methyl sites for hydroxylation is 1. The Morgan fingerprint density at radius 1 is 1.10 bits per heavy atom. The number of nitrogens with one attached hydrogen (secondary N) is 1. The summed E-state index contributed by atoms with van der Waals surface area (Å²) >= 11 is 1.68. The van der Waals surface area contributed by atoms with Gasteiger partial charge in [-0.15, -0.1) is 11.3 Å². The molecule has 6 heteroatoms. The van der Waals surface area contributed by atoms with Gasteiger partial charge in [0, 0.05) is 42.5 Å². The Bertz CT molecular complexity index is 1120. The number of amides is 1. The standard InChI is InChI=1S/C24H26N4OS/c1-13-26-22(18-7-8-30-23(18)27-13)20-11-19(20)14-3-5-15(6-4-14)24(29)28(2)21-10-17-9-16(21)12-25-17/h3-8,16-17,19-21,25H,9-12H2,1-2H3/t16-,17-,19?,20?,21+/m1/s1. The predicted octanol–water partition coefficient (Wildman–Crippen LogP) is 4.09. The smallest absolute Gasteiger partial charge is 0.253 e. The summed E-state index contributed by atoms with van der Waals surface area (Å²) in [5.74, 6) is 2.56. The summed E-state index contributed by atoms with van der Waals surface area (Å²) < 4.78 is 0. The van der Waals surface area contributed by atoms with E-state index in [2.05, 4.69) is 33.9 Å². The third-order valence-electron chi connectivity index (χ3n) is 7.34. The van der Waals surface area contributed by atoms with Gasteiger partial charge in [-0.05, 0) is 67.2 Å². The summed E-state index contributed by atoms with van der Waals surface area (Å²) in [6, 6.07) is 11.4. The molecule has 5 nitrogen and oxygen atoms in total. The molecule has 3 aromatic rings. The van der Waals surface area contributed by atoms with E-state index in [4.69, 9.17) is 4.98 Å². The highest BCUT2D eigenvalue weighted by atomic mass is 32.1. The van der Waals surface area contributed by atoms with Crippen molar-refractivity contribution < 1.29 is 4.79 Å². The molecule has 3 fully saturated rings. The molecular weight excluding hydrogens is 392 g/mol. The van der Waals surface area contributed by atoms with Crippen LogP contribution >= 0.6 is 11.3 Å². The maximum absolute atomic E-state index is 13.0. The van der Waals surface area contributed by atoms with Crippen LogP contribution in [0.15, 0.2) is 35.7 Å². The van der Waals surface area contributed by atoms with Gasteiger partial charge >= 0.3 is 0 Å². The van der Waals surface area contributed by atoms with Gasteiger partial charge in [0.15, 0.2) is 0 Å². The van der Waals surface area contributed by atoms with E-state index >= 15 is 0 Å². The van der Waals surface area contributed by atoms with E-state index in [1.807, 2.05) is 31.0 Å². The van der Waals surface area contributed by atoms with Crippen LogP contribution in [0.2, 0.25) is 0 Å². The average Bonchev–Trinajstić information content (AvgIpc) is 3.09. The Balaban J connectivity index is 1.18. The summed E-state index contributed by atoms with van der Waals surface area (Å²) in [5, 5.41) is 6.83. The van der Waals surface area contributed by atoms with Crippen LogP contribution in [0.1, 0.15) is 58.5 Å². The second-order valence-electron chi connectivity index (χ2n) is 9.19. The van der Waals surface area contributed by atoms with Crippen LogP contribution in [0, 0.1) is 12.8 Å². The minimum atomic E-state index is 0.151. The summed E-state index contributed by atoms with van der Waals surface area (Å²) in [7, 11) is 1.97. The summed E-state index contributed by atoms with van der Waals surface area (Å²) in [6.07, 6.45) is 3.42. The molecule has 30 heavy (non-hydrogen) atoms. The Hall–Kier alpha value is -2.31. The molecule has 2 aromatic heterocycles. The molecule has 2 aliphatic carbocycles. The molecule has 3 aliphatic rings. The van der Waals surface area contributed by atoms with Crippen LogP contribution in [0.25, 0.3) is 10.2 Å². The molecule has 2 bridgehead atoms. The number of hydrogen-bond donors (Lipinski definition) is 1. The average molecular weight is 419 g/mol. The van der Waals surface area contributed by atoms with Gasteiger partial charge in [0.05, 0.1) is 5.69 Å². The number of rotatable bonds is 4. The van der Waals surface area contributed by atoms with Crippen LogP contribution in [-0.4, -0.2) is 46.5 Å². The molecule has 1 aliphatic heterocycles. The highest BCUT2D eigenvalue weighted by molar-refractivity contribution is 7.16. The van der Waals surface area contributed by atoms with E-state index in [1.54, 1.807) is 11.3 Å². The number of carbonyl (C=O) groups is 1. The number of hydrogen-bond acceptors (Lipinski definition) is 5. The van der Waals surface area contributed by atoms with Crippen LogP contribution in [-0.2, 0) is 0 Å². The zero-order valence-corrected chi connectivity index (χ0v) is 18.2. The van der Waals surface area contributed by atoms with Gasteiger partial charge in [0.2, 0.25) is 0 Å². The van der Waals surface area contributed by atoms with E-state index in [0.717, 1.165) is 35.6 Å². The predicted molar refractivity (Wildman–Crippen MR) is 119 cm³/mol. The maximum atomic E-state index is 13.0. The second-order valence-corrected chi connectivity index (χ2v) is 10.1. The summed E-state index contributed by atoms with van der Waals surface area (Å²) in [4.78, 5) is 25.4. The highest BCUT2D eigenvalue weighted by Crippen LogP contribution is 2.55. The third kappa shape index (κ3) is 2.96. The lowest BCUT2D eigenvalue weighted by Crippen LogP contribution is -2.45. The fraction of sp³-hybridized carbons (Fsp3) is 0.458. The van der Waals surface area contributed by atoms with Crippen molar-refractivity contribution in [2.75, 3.05) is 13.6 Å². The van der Waals surface area contributed by atoms with Crippen molar-refractivity contribution in [3.63, 3.8) is 0 Å². The summed E-state index contributed by atoms with van der Waals surface area (Å²) in [5.41, 5.74) is 3.30. The molecule has 154 valence electrons. The number of carbonyl (C=O) groups excluding carboxylic acids is 1. The Labute approximate surface area is 180 Å². The highest BCUT2D eigenvalue weighted by Gasteiger charge is 2.43. The van der Waals surface area contributed by atoms with Gasteiger partial charge in [-0.25, -0.2) is 9.97 Å². The van der Waals surface area contributed by atoms with Crippen molar-refractivity contribution in [2.45, 2.75) is 50.1 Å². The third-order valence-corrected chi connectivity index (χ3v) is 8.14. The van der Waals surface area contributed by atoms with Crippen molar-refractivity contribution >= 4 is 27.5 Å². The fourth-order valence-electron chi connectivity index (χ4n) is 5.65. The van der Waals surface area contributed by atoms with E-state index in [9.17, 15) is 4.79 Å². The number of aromatic nitrogens is 2. The largest absolute Gasteiger partial charge is 0.338 e. The number of thiophene rings is 1. The number of nitrogens with zero attached hydrogens (tertiary/aromatic N) is 3. The first-order valence-electron chi connectivity index (χ1n) is 10.9. The lowest BCUT2D eigenvalue weighted by atomic mass is 10.0. The van der Waals surface area contributed by atoms with Gasteiger partial charge in [-0.2, -0.15) is 0 Å². The lowest BCUT2D eigenvalue weighted by molar-refractivity contribution is 0.0685. The maximum Gasteiger partial charge on any atom is 0.253 e. The van der Waals surface area contributed by atoms with E-state index in [-0.39, 0.29) is 5.91 Å². The van der Waals surface area contributed by atoms with Crippen LogP contribution in [0.5, 0.6) is 0 Å². The molecule has 2 unspecified atom stereocenters. The minimum Gasteiger partial charge on any atom is -0.338 e. The monoisotopic (exact) mass is 418 g/mol. The first-order chi connectivity index (χ1) is 14.6. The number of piperidine rings is 1. The second kappa shape index (κ2) is 6.86. The molecule has 3 heterocycles. The molecule has 2 saturated carbocycles. The molecule has 1 N–H and O–H groups in total. The van der Waals surface area contributed by atoms with E-state index in [0.29, 0.717) is 29.8 Å². The van der Waals surface area contributed by atoms with Gasteiger partial charge in [0.25, 0.3) is 5.91 Å². The zero-order valence-electron chi connectivity index (χ0n) is 17.3. The molecule has 0 radical (unpaired) electrons. The van der Waals surface area contributed by atoms with Crippen molar-refractivity contribution in [3.05, 3.63) is 58.4 Å². The molecule has 1 amide bonds. The normalized spacial score (nSPS) is 29.5. The molecule has 1 aromatic carbocycles. The van der Waals surface area contributed by atoms with Gasteiger partial charge in [-0.1, -0.05) is 12.1 Å². The SMILES string of the molecule is Cc1nc(C2CC2c2ccc(C(=O)N(C)[C@H]3C[C@H]4C[C@@H]3CN4)cc2)c2ccsc2n1. The molecule has 6 rings (SSSR count). The number of fused-ring (bicyclic) bond motifs is 3. The first-order valence-corrected chi connectivity index (χ1v) is 11.8. The molecule has 0 spiro atoms. The van der Waals surface area contributed by atoms with Crippen LogP contribution in [0.3, 0.4) is 0 Å². The molecular formula is C24H26N4OS. The zero-order chi connectivity index (χ0) is 20.4. The van der Waals surface area contributed by atoms with E-state index < -0.39 is 0 Å². The Morgan fingerprint density at radius 3 is 2.67 bits per heavy atom. The quantitative estimate of drug-likeness (QED) is 0.693. The summed E-state index contributed by atoms with van der Waals surface area (Å²) in [6.45, 7) is 3.03. The topological polar surface area (TPSA) is 58.1 Å². The van der Waals surface area contributed by atoms with Crippen molar-refractivity contribution in [2.24, 2.45) is 5.92 Å². The van der Waals surface area contributed by atoms with Crippen molar-refractivity contribution in [1.29, 1.82) is 0 Å². The van der Waals surface area contributed by atoms with Crippen molar-refractivity contribution in [1.82, 2.24) is 20.2 Å². The lowest BCUT2D eigenvalue weighted by Gasteiger charge is -2.31. The van der Waals surface area contributed by atoms with Gasteiger partial charge in [0.1, 0.15) is 10.7 Å². The Kier molecular flexibility index (Phi) is 4.22. The van der Waals surface area contributed by atoms with Gasteiger partial charge < -0.3 is 10.2 Å². The van der Waals surface area contributed by atoms with Crippen LogP contribution in [0.4, 0.5) is 0 Å². The number of benzene rings is 1. The van der Waals surface area contributed by atoms with Gasteiger partial charge in [-0.3, -0.25) is 4.79 Å². The molecule has 1 saturated heterocycles. The van der Waals surface area contributed by atoms with Crippen molar-refractivity contribution in [3.8, 4) is 0 Å². The Morgan fingerprint density at radius 2 is 1.93 bits per heavy atom. The first kappa shape index (κ1) is 18.5. The van der Waals surface area contributed by atoms with E-state index in [1.165, 1.54) is 23.1 Å².